The van der Waals surface area contributed by atoms with Crippen molar-refractivity contribution in [2.45, 2.75) is 26.7 Å². The lowest BCUT2D eigenvalue weighted by atomic mass is 10.0. The lowest BCUT2D eigenvalue weighted by molar-refractivity contribution is -0.139. The van der Waals surface area contributed by atoms with Crippen LogP contribution in [0.4, 0.5) is 0 Å². The molecule has 0 aromatic carbocycles. The van der Waals surface area contributed by atoms with Crippen LogP contribution in [-0.4, -0.2) is 11.1 Å². The molecular formula is C12H16O2S. The van der Waals surface area contributed by atoms with Gasteiger partial charge in [-0.2, -0.15) is 11.3 Å². The van der Waals surface area contributed by atoms with E-state index in [4.69, 9.17) is 5.11 Å². The van der Waals surface area contributed by atoms with Gasteiger partial charge in [0, 0.05) is 0 Å². The number of carbonyl (C=O) groups is 1. The SMILES string of the molecule is CC1(C)C(CCc2ccsc2)C1C(=O)O. The van der Waals surface area contributed by atoms with Crippen molar-refractivity contribution in [1.29, 1.82) is 0 Å². The molecule has 0 saturated heterocycles. The molecule has 15 heavy (non-hydrogen) atoms. The second kappa shape index (κ2) is 3.63. The Morgan fingerprint density at radius 1 is 1.60 bits per heavy atom. The molecule has 0 amide bonds. The minimum atomic E-state index is -0.629. The smallest absolute Gasteiger partial charge is 0.307 e. The van der Waals surface area contributed by atoms with Crippen LogP contribution >= 0.6 is 11.3 Å². The molecule has 2 atom stereocenters. The normalized spacial score (nSPS) is 27.6. The summed E-state index contributed by atoms with van der Waals surface area (Å²) in [5.74, 6) is -0.402. The Balaban J connectivity index is 1.90. The van der Waals surface area contributed by atoms with Crippen LogP contribution in [-0.2, 0) is 11.2 Å². The van der Waals surface area contributed by atoms with E-state index >= 15 is 0 Å². The van der Waals surface area contributed by atoms with Crippen molar-refractivity contribution in [2.75, 3.05) is 0 Å². The van der Waals surface area contributed by atoms with Crippen LogP contribution in [0.2, 0.25) is 0 Å². The number of carboxylic acid groups (broad SMARTS) is 1. The van der Waals surface area contributed by atoms with Gasteiger partial charge in [0.1, 0.15) is 0 Å². The fraction of sp³-hybridized carbons (Fsp3) is 0.583. The van der Waals surface area contributed by atoms with E-state index < -0.39 is 5.97 Å². The summed E-state index contributed by atoms with van der Waals surface area (Å²) in [5, 5.41) is 13.2. The molecule has 3 heteroatoms. The Bertz CT molecular complexity index is 354. The molecule has 0 radical (unpaired) electrons. The molecule has 1 heterocycles. The molecule has 1 saturated carbocycles. The Kier molecular flexibility index (Phi) is 2.59. The molecule has 1 aromatic heterocycles. The molecule has 0 aliphatic heterocycles. The number of thiophene rings is 1. The Labute approximate surface area is 93.9 Å². The van der Waals surface area contributed by atoms with Crippen LogP contribution in [0, 0.1) is 17.3 Å². The Morgan fingerprint density at radius 2 is 2.33 bits per heavy atom. The van der Waals surface area contributed by atoms with E-state index in [1.54, 1.807) is 11.3 Å². The Hall–Kier alpha value is -0.830. The summed E-state index contributed by atoms with van der Waals surface area (Å²) in [5.41, 5.74) is 1.34. The second-order valence-electron chi connectivity index (χ2n) is 4.91. The minimum absolute atomic E-state index is 0.00184. The van der Waals surface area contributed by atoms with Gasteiger partial charge in [0.2, 0.25) is 0 Å². The third kappa shape index (κ3) is 1.93. The lowest BCUT2D eigenvalue weighted by Gasteiger charge is -2.00. The first-order valence-corrected chi connectivity index (χ1v) is 6.21. The van der Waals surface area contributed by atoms with Gasteiger partial charge in [0.25, 0.3) is 0 Å². The van der Waals surface area contributed by atoms with Gasteiger partial charge >= 0.3 is 5.97 Å². The van der Waals surface area contributed by atoms with Crippen molar-refractivity contribution in [3.05, 3.63) is 22.4 Å². The zero-order valence-electron chi connectivity index (χ0n) is 9.06. The molecule has 1 aliphatic rings. The van der Waals surface area contributed by atoms with Crippen molar-refractivity contribution in [2.24, 2.45) is 17.3 Å². The number of hydrogen-bond acceptors (Lipinski definition) is 2. The standard InChI is InChI=1S/C12H16O2S/c1-12(2)9(10(12)11(13)14)4-3-8-5-6-15-7-8/h5-7,9-10H,3-4H2,1-2H3,(H,13,14). The summed E-state index contributed by atoms with van der Waals surface area (Å²) >= 11 is 1.70. The molecule has 82 valence electrons. The van der Waals surface area contributed by atoms with Crippen molar-refractivity contribution in [3.63, 3.8) is 0 Å². The quantitative estimate of drug-likeness (QED) is 0.853. The third-order valence-electron chi connectivity index (χ3n) is 3.64. The first-order valence-electron chi connectivity index (χ1n) is 5.27. The van der Waals surface area contributed by atoms with E-state index in [2.05, 4.69) is 30.7 Å². The van der Waals surface area contributed by atoms with Gasteiger partial charge in [-0.1, -0.05) is 13.8 Å². The van der Waals surface area contributed by atoms with Gasteiger partial charge in [-0.25, -0.2) is 0 Å². The van der Waals surface area contributed by atoms with Crippen LogP contribution in [0.1, 0.15) is 25.8 Å². The highest BCUT2D eigenvalue weighted by Gasteiger charge is 2.61. The van der Waals surface area contributed by atoms with Crippen molar-refractivity contribution < 1.29 is 9.90 Å². The Morgan fingerprint density at radius 3 is 2.80 bits per heavy atom. The van der Waals surface area contributed by atoms with E-state index in [0.717, 1.165) is 12.8 Å². The maximum Gasteiger partial charge on any atom is 0.307 e. The fourth-order valence-electron chi connectivity index (χ4n) is 2.53. The van der Waals surface area contributed by atoms with Gasteiger partial charge in [0.05, 0.1) is 5.92 Å². The highest BCUT2D eigenvalue weighted by molar-refractivity contribution is 7.07. The zero-order chi connectivity index (χ0) is 11.1. The lowest BCUT2D eigenvalue weighted by Crippen LogP contribution is -2.03. The van der Waals surface area contributed by atoms with Gasteiger partial charge in [-0.3, -0.25) is 4.79 Å². The fourth-order valence-corrected chi connectivity index (χ4v) is 3.23. The monoisotopic (exact) mass is 224 g/mol. The first kappa shape index (κ1) is 10.7. The summed E-state index contributed by atoms with van der Waals surface area (Å²) in [4.78, 5) is 11.0. The summed E-state index contributed by atoms with van der Waals surface area (Å²) in [7, 11) is 0. The maximum atomic E-state index is 11.0. The highest BCUT2D eigenvalue weighted by atomic mass is 32.1. The number of carboxylic acids is 1. The second-order valence-corrected chi connectivity index (χ2v) is 5.69. The molecule has 0 bridgehead atoms. The predicted molar refractivity (Wildman–Crippen MR) is 61.0 cm³/mol. The zero-order valence-corrected chi connectivity index (χ0v) is 9.88. The van der Waals surface area contributed by atoms with E-state index in [1.165, 1.54) is 5.56 Å². The topological polar surface area (TPSA) is 37.3 Å². The number of aliphatic carboxylic acids is 1. The summed E-state index contributed by atoms with van der Waals surface area (Å²) in [6.45, 7) is 4.12. The molecule has 0 spiro atoms. The van der Waals surface area contributed by atoms with Crippen LogP contribution in [0.3, 0.4) is 0 Å². The molecule has 1 fully saturated rings. The van der Waals surface area contributed by atoms with E-state index in [0.29, 0.717) is 5.92 Å². The number of aryl methyl sites for hydroxylation is 1. The van der Waals surface area contributed by atoms with Gasteiger partial charge in [0.15, 0.2) is 0 Å². The first-order chi connectivity index (χ1) is 7.03. The van der Waals surface area contributed by atoms with Crippen LogP contribution in [0.5, 0.6) is 0 Å². The van der Waals surface area contributed by atoms with Crippen LogP contribution < -0.4 is 0 Å². The van der Waals surface area contributed by atoms with Crippen LogP contribution in [0.15, 0.2) is 16.8 Å². The number of hydrogen-bond donors (Lipinski definition) is 1. The van der Waals surface area contributed by atoms with Gasteiger partial charge in [-0.05, 0) is 46.6 Å². The number of rotatable bonds is 4. The average molecular weight is 224 g/mol. The average Bonchev–Trinajstić information content (AvgIpc) is 2.55. The predicted octanol–water partition coefficient (Wildman–Crippen LogP) is 3.04. The van der Waals surface area contributed by atoms with Crippen molar-refractivity contribution in [3.8, 4) is 0 Å². The third-order valence-corrected chi connectivity index (χ3v) is 4.37. The van der Waals surface area contributed by atoms with Gasteiger partial charge < -0.3 is 5.11 Å². The van der Waals surface area contributed by atoms with Gasteiger partial charge in [-0.15, -0.1) is 0 Å². The summed E-state index contributed by atoms with van der Waals surface area (Å²) < 4.78 is 0. The molecule has 2 nitrogen and oxygen atoms in total. The molecule has 2 rings (SSSR count). The highest BCUT2D eigenvalue weighted by Crippen LogP contribution is 2.60. The molecule has 1 N–H and O–H groups in total. The molecular weight excluding hydrogens is 208 g/mol. The van der Waals surface area contributed by atoms with E-state index in [-0.39, 0.29) is 11.3 Å². The minimum Gasteiger partial charge on any atom is -0.481 e. The van der Waals surface area contributed by atoms with Crippen molar-refractivity contribution >= 4 is 17.3 Å². The molecule has 1 aliphatic carbocycles. The van der Waals surface area contributed by atoms with E-state index in [9.17, 15) is 4.79 Å². The summed E-state index contributed by atoms with van der Waals surface area (Å²) in [6, 6.07) is 2.12. The summed E-state index contributed by atoms with van der Waals surface area (Å²) in [6.07, 6.45) is 2.02. The molecule has 2 unspecified atom stereocenters. The largest absolute Gasteiger partial charge is 0.481 e. The van der Waals surface area contributed by atoms with E-state index in [1.807, 2.05) is 0 Å². The van der Waals surface area contributed by atoms with Crippen LogP contribution in [0.25, 0.3) is 0 Å². The maximum absolute atomic E-state index is 11.0. The molecule has 1 aromatic rings. The van der Waals surface area contributed by atoms with Crippen molar-refractivity contribution in [1.82, 2.24) is 0 Å².